The summed E-state index contributed by atoms with van der Waals surface area (Å²) in [5.41, 5.74) is 7.64. The van der Waals surface area contributed by atoms with Crippen LogP contribution in [0.5, 0.6) is 5.75 Å². The van der Waals surface area contributed by atoms with Crippen LogP contribution < -0.4 is 10.5 Å². The minimum absolute atomic E-state index is 0.649. The Kier molecular flexibility index (Phi) is 4.97. The van der Waals surface area contributed by atoms with Crippen LogP contribution >= 0.6 is 0 Å². The molecule has 1 aliphatic heterocycles. The standard InChI is InChI=1S/C18H25N3O/c19-10-15-3-4-18(22-13-14-1-2-14)17(9-15)6-8-21-7-5-16(11-20)12-21/h3-4,9,14,16H,1-2,5-8,11-13,20H2/t16-/m0/s1. The third kappa shape index (κ3) is 4.00. The molecule has 2 aliphatic rings. The van der Waals surface area contributed by atoms with Crippen molar-refractivity contribution < 1.29 is 4.74 Å². The van der Waals surface area contributed by atoms with E-state index in [1.807, 2.05) is 18.2 Å². The van der Waals surface area contributed by atoms with E-state index in [0.717, 1.165) is 62.0 Å². The van der Waals surface area contributed by atoms with E-state index >= 15 is 0 Å². The SMILES string of the molecule is N#Cc1ccc(OCC2CC2)c(CCN2CC[C@@H](CN)C2)c1. The lowest BCUT2D eigenvalue weighted by Crippen LogP contribution is -2.25. The van der Waals surface area contributed by atoms with Gasteiger partial charge in [-0.2, -0.15) is 5.26 Å². The summed E-state index contributed by atoms with van der Waals surface area (Å²) in [5.74, 6) is 2.35. The van der Waals surface area contributed by atoms with Gasteiger partial charge in [0.05, 0.1) is 18.2 Å². The molecule has 1 aromatic rings. The Morgan fingerprint density at radius 3 is 2.82 bits per heavy atom. The summed E-state index contributed by atoms with van der Waals surface area (Å²) in [6.07, 6.45) is 4.73. The van der Waals surface area contributed by atoms with Crippen molar-refractivity contribution in [3.05, 3.63) is 29.3 Å². The van der Waals surface area contributed by atoms with Gasteiger partial charge in [-0.3, -0.25) is 0 Å². The number of nitrogens with two attached hydrogens (primary N) is 1. The van der Waals surface area contributed by atoms with Crippen molar-refractivity contribution in [1.82, 2.24) is 4.90 Å². The molecule has 118 valence electrons. The molecule has 0 amide bonds. The zero-order chi connectivity index (χ0) is 15.4. The molecule has 1 heterocycles. The average Bonchev–Trinajstić information content (AvgIpc) is 3.27. The first-order chi connectivity index (χ1) is 10.8. The molecule has 0 bridgehead atoms. The summed E-state index contributed by atoms with van der Waals surface area (Å²) < 4.78 is 5.97. The Bertz CT molecular complexity index is 548. The molecule has 4 heteroatoms. The smallest absolute Gasteiger partial charge is 0.122 e. The topological polar surface area (TPSA) is 62.3 Å². The first kappa shape index (κ1) is 15.3. The lowest BCUT2D eigenvalue weighted by Gasteiger charge is -2.17. The fraction of sp³-hybridized carbons (Fsp3) is 0.611. The maximum absolute atomic E-state index is 9.11. The highest BCUT2D eigenvalue weighted by molar-refractivity contribution is 5.42. The summed E-state index contributed by atoms with van der Waals surface area (Å²) >= 11 is 0. The maximum Gasteiger partial charge on any atom is 0.122 e. The monoisotopic (exact) mass is 299 g/mol. The number of benzene rings is 1. The molecule has 1 atom stereocenters. The second-order valence-corrected chi connectivity index (χ2v) is 6.63. The highest BCUT2D eigenvalue weighted by Crippen LogP contribution is 2.31. The molecule has 0 aromatic heterocycles. The highest BCUT2D eigenvalue weighted by Gasteiger charge is 2.23. The van der Waals surface area contributed by atoms with E-state index in [9.17, 15) is 0 Å². The Morgan fingerprint density at radius 2 is 2.14 bits per heavy atom. The van der Waals surface area contributed by atoms with Crippen LogP contribution in [-0.2, 0) is 6.42 Å². The van der Waals surface area contributed by atoms with Crippen molar-refractivity contribution >= 4 is 0 Å². The highest BCUT2D eigenvalue weighted by atomic mass is 16.5. The van der Waals surface area contributed by atoms with Crippen LogP contribution in [0.25, 0.3) is 0 Å². The molecular formula is C18H25N3O. The third-order valence-electron chi connectivity index (χ3n) is 4.76. The molecule has 0 radical (unpaired) electrons. The molecule has 1 aromatic carbocycles. The van der Waals surface area contributed by atoms with E-state index in [-0.39, 0.29) is 0 Å². The first-order valence-electron chi connectivity index (χ1n) is 8.36. The van der Waals surface area contributed by atoms with Gasteiger partial charge in [0.25, 0.3) is 0 Å². The van der Waals surface area contributed by atoms with Gasteiger partial charge in [0.2, 0.25) is 0 Å². The molecule has 4 nitrogen and oxygen atoms in total. The minimum Gasteiger partial charge on any atom is -0.493 e. The lowest BCUT2D eigenvalue weighted by atomic mass is 10.1. The van der Waals surface area contributed by atoms with E-state index in [1.165, 1.54) is 19.3 Å². The number of likely N-dealkylation sites (tertiary alicyclic amines) is 1. The van der Waals surface area contributed by atoms with Crippen LogP contribution in [0.3, 0.4) is 0 Å². The summed E-state index contributed by atoms with van der Waals surface area (Å²) in [6.45, 7) is 4.87. The third-order valence-corrected chi connectivity index (χ3v) is 4.76. The predicted molar refractivity (Wildman–Crippen MR) is 86.7 cm³/mol. The fourth-order valence-corrected chi connectivity index (χ4v) is 3.06. The molecule has 2 fully saturated rings. The van der Waals surface area contributed by atoms with Crippen LogP contribution in [0, 0.1) is 23.2 Å². The second-order valence-electron chi connectivity index (χ2n) is 6.63. The number of hydrogen-bond donors (Lipinski definition) is 1. The van der Waals surface area contributed by atoms with Crippen molar-refractivity contribution in [3.8, 4) is 11.8 Å². The summed E-state index contributed by atoms with van der Waals surface area (Å²) in [4.78, 5) is 2.47. The fourth-order valence-electron chi connectivity index (χ4n) is 3.06. The van der Waals surface area contributed by atoms with Crippen LogP contribution in [0.4, 0.5) is 0 Å². The van der Waals surface area contributed by atoms with E-state index < -0.39 is 0 Å². The predicted octanol–water partition coefficient (Wildman–Crippen LogP) is 2.17. The van der Waals surface area contributed by atoms with Gasteiger partial charge in [0, 0.05) is 13.1 Å². The molecule has 0 unspecified atom stereocenters. The molecular weight excluding hydrogens is 274 g/mol. The van der Waals surface area contributed by atoms with Gasteiger partial charge >= 0.3 is 0 Å². The maximum atomic E-state index is 9.11. The van der Waals surface area contributed by atoms with Gasteiger partial charge in [0.15, 0.2) is 0 Å². The normalized spacial score (nSPS) is 21.7. The van der Waals surface area contributed by atoms with Gasteiger partial charge < -0.3 is 15.4 Å². The molecule has 1 aliphatic carbocycles. The number of rotatable bonds is 7. The van der Waals surface area contributed by atoms with E-state index in [4.69, 9.17) is 15.7 Å². The van der Waals surface area contributed by atoms with Gasteiger partial charge in [-0.25, -0.2) is 0 Å². The lowest BCUT2D eigenvalue weighted by molar-refractivity contribution is 0.292. The van der Waals surface area contributed by atoms with Crippen LogP contribution in [0.15, 0.2) is 18.2 Å². The van der Waals surface area contributed by atoms with E-state index in [0.29, 0.717) is 5.92 Å². The summed E-state index contributed by atoms with van der Waals surface area (Å²) in [7, 11) is 0. The number of nitrogens with zero attached hydrogens (tertiary/aromatic N) is 2. The average molecular weight is 299 g/mol. The van der Waals surface area contributed by atoms with Crippen molar-refractivity contribution in [3.63, 3.8) is 0 Å². The Balaban J connectivity index is 1.60. The minimum atomic E-state index is 0.649. The summed E-state index contributed by atoms with van der Waals surface area (Å²) in [5, 5.41) is 9.11. The molecule has 3 rings (SSSR count). The molecule has 22 heavy (non-hydrogen) atoms. The van der Waals surface area contributed by atoms with Crippen LogP contribution in [0.1, 0.15) is 30.4 Å². The zero-order valence-electron chi connectivity index (χ0n) is 13.1. The van der Waals surface area contributed by atoms with Crippen molar-refractivity contribution in [1.29, 1.82) is 5.26 Å². The Morgan fingerprint density at radius 1 is 1.27 bits per heavy atom. The van der Waals surface area contributed by atoms with Crippen LogP contribution in [-0.4, -0.2) is 37.7 Å². The van der Waals surface area contributed by atoms with E-state index in [1.54, 1.807) is 0 Å². The Labute approximate surface area is 132 Å². The number of ether oxygens (including phenoxy) is 1. The molecule has 0 spiro atoms. The second kappa shape index (κ2) is 7.13. The number of hydrogen-bond acceptors (Lipinski definition) is 4. The van der Waals surface area contributed by atoms with Gasteiger partial charge in [-0.15, -0.1) is 0 Å². The van der Waals surface area contributed by atoms with Crippen molar-refractivity contribution in [2.24, 2.45) is 17.6 Å². The van der Waals surface area contributed by atoms with Gasteiger partial charge in [-0.05, 0) is 74.4 Å². The largest absolute Gasteiger partial charge is 0.493 e. The first-order valence-corrected chi connectivity index (χ1v) is 8.36. The quantitative estimate of drug-likeness (QED) is 0.838. The molecule has 2 N–H and O–H groups in total. The number of nitriles is 1. The van der Waals surface area contributed by atoms with Gasteiger partial charge in [-0.1, -0.05) is 0 Å². The zero-order valence-corrected chi connectivity index (χ0v) is 13.1. The van der Waals surface area contributed by atoms with Crippen molar-refractivity contribution in [2.75, 3.05) is 32.8 Å². The van der Waals surface area contributed by atoms with Crippen LogP contribution in [0.2, 0.25) is 0 Å². The van der Waals surface area contributed by atoms with E-state index in [2.05, 4.69) is 11.0 Å². The molecule has 1 saturated heterocycles. The van der Waals surface area contributed by atoms with Gasteiger partial charge in [0.1, 0.15) is 5.75 Å². The summed E-state index contributed by atoms with van der Waals surface area (Å²) in [6, 6.07) is 8.03. The Hall–Kier alpha value is -1.57. The van der Waals surface area contributed by atoms with Crippen molar-refractivity contribution in [2.45, 2.75) is 25.7 Å². The molecule has 1 saturated carbocycles.